The largest absolute Gasteiger partial charge is 0.358 e. The average molecular weight is 573 g/mol. The van der Waals surface area contributed by atoms with E-state index < -0.39 is 0 Å². The minimum Gasteiger partial charge on any atom is -0.358 e. The van der Waals surface area contributed by atoms with E-state index in [1.54, 1.807) is 17.5 Å². The van der Waals surface area contributed by atoms with Gasteiger partial charge in [-0.3, -0.25) is 20.1 Å². The van der Waals surface area contributed by atoms with Crippen molar-refractivity contribution < 1.29 is 0 Å². The summed E-state index contributed by atoms with van der Waals surface area (Å²) in [5, 5.41) is 12.1. The molecule has 0 spiro atoms. The minimum atomic E-state index is 0.673. The van der Waals surface area contributed by atoms with Crippen molar-refractivity contribution in [3.05, 3.63) is 79.0 Å². The lowest BCUT2D eigenvalue weighted by Crippen LogP contribution is -2.10. The van der Waals surface area contributed by atoms with E-state index in [1.165, 1.54) is 32.1 Å². The van der Waals surface area contributed by atoms with Crippen LogP contribution in [-0.4, -0.2) is 35.1 Å². The Balaban J connectivity index is 1.19. The number of aromatic nitrogens is 7. The molecule has 0 radical (unpaired) electrons. The first-order chi connectivity index (χ1) is 20.5. The van der Waals surface area contributed by atoms with Crippen LogP contribution in [0, 0.1) is 5.92 Å². The number of nitrogens with zero attached hydrogens (tertiary/aromatic N) is 5. The molecule has 6 aromatic heterocycles. The molecule has 1 aliphatic carbocycles. The lowest BCUT2D eigenvalue weighted by molar-refractivity contribution is 0.357. The second kappa shape index (κ2) is 11.0. The summed E-state index contributed by atoms with van der Waals surface area (Å²) in [5.74, 6) is 1.40. The van der Waals surface area contributed by atoms with Crippen molar-refractivity contribution in [3.8, 4) is 33.2 Å². The van der Waals surface area contributed by atoms with Crippen molar-refractivity contribution >= 4 is 44.5 Å². The Labute approximate surface area is 248 Å². The van der Waals surface area contributed by atoms with Gasteiger partial charge in [0.15, 0.2) is 5.82 Å². The zero-order valence-corrected chi connectivity index (χ0v) is 24.4. The summed E-state index contributed by atoms with van der Waals surface area (Å²) in [6, 6.07) is 8.31. The van der Waals surface area contributed by atoms with Crippen LogP contribution in [0.5, 0.6) is 0 Å². The van der Waals surface area contributed by atoms with Crippen LogP contribution in [0.4, 0.5) is 5.69 Å². The Morgan fingerprint density at radius 3 is 2.69 bits per heavy atom. The van der Waals surface area contributed by atoms with Crippen LogP contribution in [0.15, 0.2) is 74.1 Å². The van der Waals surface area contributed by atoms with Crippen LogP contribution in [-0.2, 0) is 0 Å². The second-order valence-corrected chi connectivity index (χ2v) is 12.3. The molecule has 0 aliphatic heterocycles. The van der Waals surface area contributed by atoms with E-state index in [0.717, 1.165) is 83.5 Å². The van der Waals surface area contributed by atoms with E-state index in [4.69, 9.17) is 9.97 Å². The Kier molecular flexibility index (Phi) is 6.87. The Hall–Kier alpha value is -4.63. The highest BCUT2D eigenvalue weighted by atomic mass is 32.1. The fourth-order valence-electron chi connectivity index (χ4n) is 5.84. The summed E-state index contributed by atoms with van der Waals surface area (Å²) in [4.78, 5) is 24.3. The third-order valence-electron chi connectivity index (χ3n) is 7.97. The number of rotatable bonds is 8. The molecule has 6 heterocycles. The van der Waals surface area contributed by atoms with Crippen molar-refractivity contribution in [1.29, 1.82) is 0 Å². The van der Waals surface area contributed by atoms with Gasteiger partial charge in [-0.1, -0.05) is 45.3 Å². The molecule has 0 aromatic carbocycles. The third-order valence-corrected chi connectivity index (χ3v) is 9.25. The van der Waals surface area contributed by atoms with Crippen LogP contribution < -0.4 is 5.32 Å². The number of imidazole rings is 1. The van der Waals surface area contributed by atoms with Crippen LogP contribution in [0.25, 0.3) is 60.7 Å². The predicted octanol–water partition coefficient (Wildman–Crippen LogP) is 8.62. The lowest BCUT2D eigenvalue weighted by atomic mass is 9.86. The fraction of sp³-hybridized carbons (Fsp3) is 0.242. The number of hydrogen-bond acceptors (Lipinski definition) is 7. The van der Waals surface area contributed by atoms with Crippen molar-refractivity contribution in [2.24, 2.45) is 5.92 Å². The maximum Gasteiger partial charge on any atom is 0.159 e. The molecule has 6 aromatic rings. The molecule has 210 valence electrons. The van der Waals surface area contributed by atoms with E-state index >= 15 is 0 Å². The summed E-state index contributed by atoms with van der Waals surface area (Å²) in [6.07, 6.45) is 16.8. The van der Waals surface area contributed by atoms with E-state index in [9.17, 15) is 0 Å². The normalized spacial score (nSPS) is 14.0. The maximum absolute atomic E-state index is 4.99. The van der Waals surface area contributed by atoms with Crippen LogP contribution in [0.1, 0.15) is 50.3 Å². The van der Waals surface area contributed by atoms with Gasteiger partial charge in [0.25, 0.3) is 0 Å². The van der Waals surface area contributed by atoms with Gasteiger partial charge in [-0.05, 0) is 49.1 Å². The number of fused-ring (bicyclic) bond motifs is 2. The van der Waals surface area contributed by atoms with Gasteiger partial charge in [-0.25, -0.2) is 4.98 Å². The summed E-state index contributed by atoms with van der Waals surface area (Å²) >= 11 is 1.69. The Morgan fingerprint density at radius 1 is 1.00 bits per heavy atom. The average Bonchev–Trinajstić information content (AvgIpc) is 3.75. The number of H-pyrrole nitrogens is 2. The van der Waals surface area contributed by atoms with Gasteiger partial charge in [-0.2, -0.15) is 5.10 Å². The van der Waals surface area contributed by atoms with Gasteiger partial charge in [0.2, 0.25) is 0 Å². The molecule has 0 atom stereocenters. The third kappa shape index (κ3) is 5.12. The van der Waals surface area contributed by atoms with Gasteiger partial charge < -0.3 is 10.3 Å². The predicted molar refractivity (Wildman–Crippen MR) is 172 cm³/mol. The van der Waals surface area contributed by atoms with Crippen molar-refractivity contribution in [3.63, 3.8) is 0 Å². The molecule has 8 nitrogen and oxygen atoms in total. The van der Waals surface area contributed by atoms with Crippen molar-refractivity contribution in [2.45, 2.75) is 45.4 Å². The van der Waals surface area contributed by atoms with Gasteiger partial charge in [0.1, 0.15) is 11.2 Å². The number of aromatic amines is 2. The molecule has 0 bridgehead atoms. The van der Waals surface area contributed by atoms with Gasteiger partial charge in [0, 0.05) is 44.4 Å². The summed E-state index contributed by atoms with van der Waals surface area (Å²) in [6.45, 7) is 10.4. The van der Waals surface area contributed by atoms with Crippen LogP contribution in [0.3, 0.4) is 0 Å². The number of pyridine rings is 3. The number of thiophene rings is 1. The number of anilines is 1. The monoisotopic (exact) mass is 572 g/mol. The van der Waals surface area contributed by atoms with Crippen LogP contribution in [0.2, 0.25) is 0 Å². The lowest BCUT2D eigenvalue weighted by Gasteiger charge is -2.22. The summed E-state index contributed by atoms with van der Waals surface area (Å²) in [5.41, 5.74) is 8.99. The van der Waals surface area contributed by atoms with E-state index in [0.29, 0.717) is 5.82 Å². The highest BCUT2D eigenvalue weighted by molar-refractivity contribution is 7.16. The zero-order chi connectivity index (χ0) is 28.6. The Morgan fingerprint density at radius 2 is 1.86 bits per heavy atom. The number of allylic oxidation sites excluding steroid dienone is 2. The van der Waals surface area contributed by atoms with Crippen molar-refractivity contribution in [2.75, 3.05) is 5.32 Å². The molecule has 0 unspecified atom stereocenters. The van der Waals surface area contributed by atoms with Crippen molar-refractivity contribution in [1.82, 2.24) is 35.1 Å². The fourth-order valence-corrected chi connectivity index (χ4v) is 6.78. The highest BCUT2D eigenvalue weighted by Crippen LogP contribution is 2.36. The van der Waals surface area contributed by atoms with Gasteiger partial charge in [0.05, 0.1) is 41.0 Å². The molecule has 1 saturated carbocycles. The minimum absolute atomic E-state index is 0.673. The van der Waals surface area contributed by atoms with Crippen LogP contribution >= 0.6 is 11.3 Å². The van der Waals surface area contributed by atoms with E-state index in [1.807, 2.05) is 37.8 Å². The molecule has 7 rings (SSSR count). The Bertz CT molecular complexity index is 1940. The number of hydrogen-bond donors (Lipinski definition) is 3. The highest BCUT2D eigenvalue weighted by Gasteiger charge is 2.18. The standard InChI is InChI=1S/C33H32N8S/c1-19(2)29-9-10-30(42-29)25-16-35-17-28-31(25)39-33(38-28)32-24-13-26(36-18-27(24)40-41-32)22-12-23(15-34-14-22)37-20(3)11-21-7-5-4-6-8-21/h9-10,12-18,21,37H,1,3-8,11H2,2H3,(H,38,39)(H,40,41). The quantitative estimate of drug-likeness (QED) is 0.168. The smallest absolute Gasteiger partial charge is 0.159 e. The topological polar surface area (TPSA) is 108 Å². The zero-order valence-electron chi connectivity index (χ0n) is 23.6. The first-order valence-electron chi connectivity index (χ1n) is 14.4. The molecule has 0 saturated heterocycles. The number of nitrogens with one attached hydrogen (secondary N) is 3. The SMILES string of the molecule is C=C(CC1CCCCC1)Nc1cncc(-c2cc3c(-c4nc5c(-c6ccc(C(=C)C)s6)cncc5[nH]4)n[nH]c3cn2)c1. The summed E-state index contributed by atoms with van der Waals surface area (Å²) in [7, 11) is 0. The molecule has 1 aliphatic rings. The first kappa shape index (κ1) is 26.3. The molecule has 1 fully saturated rings. The molecular formula is C33H32N8S. The molecule has 3 N–H and O–H groups in total. The molecular weight excluding hydrogens is 540 g/mol. The van der Waals surface area contributed by atoms with E-state index in [-0.39, 0.29) is 0 Å². The first-order valence-corrected chi connectivity index (χ1v) is 15.2. The maximum atomic E-state index is 4.99. The molecule has 42 heavy (non-hydrogen) atoms. The summed E-state index contributed by atoms with van der Waals surface area (Å²) < 4.78 is 0. The molecule has 9 heteroatoms. The van der Waals surface area contributed by atoms with E-state index in [2.05, 4.69) is 61.8 Å². The van der Waals surface area contributed by atoms with Gasteiger partial charge in [-0.15, -0.1) is 11.3 Å². The second-order valence-electron chi connectivity index (χ2n) is 11.2. The van der Waals surface area contributed by atoms with Gasteiger partial charge >= 0.3 is 0 Å². The molecule has 0 amide bonds.